The fourth-order valence-corrected chi connectivity index (χ4v) is 4.25. The Balaban J connectivity index is 1.64. The minimum absolute atomic E-state index is 0.00589. The largest absolute Gasteiger partial charge is 0.493 e. The highest BCUT2D eigenvalue weighted by molar-refractivity contribution is 7.87. The van der Waals surface area contributed by atoms with Gasteiger partial charge >= 0.3 is 10.3 Å². The van der Waals surface area contributed by atoms with Gasteiger partial charge in [0.2, 0.25) is 11.7 Å². The molecule has 0 spiro atoms. The molecule has 1 fully saturated rings. The third kappa shape index (κ3) is 6.42. The molecule has 1 aliphatic heterocycles. The van der Waals surface area contributed by atoms with Crippen LogP contribution in [0.15, 0.2) is 36.5 Å². The monoisotopic (exact) mass is 550 g/mol. The summed E-state index contributed by atoms with van der Waals surface area (Å²) in [5.74, 6) is 0.148. The third-order valence-electron chi connectivity index (χ3n) is 5.54. The lowest BCUT2D eigenvalue weighted by molar-refractivity contribution is 0.122. The Labute approximate surface area is 218 Å². The van der Waals surface area contributed by atoms with Gasteiger partial charge in [0, 0.05) is 36.6 Å². The van der Waals surface area contributed by atoms with E-state index >= 15 is 0 Å². The molecule has 15 heteroatoms. The van der Waals surface area contributed by atoms with E-state index in [0.29, 0.717) is 54.9 Å². The van der Waals surface area contributed by atoms with Gasteiger partial charge in [-0.1, -0.05) is 0 Å². The van der Waals surface area contributed by atoms with E-state index in [9.17, 15) is 17.4 Å². The maximum atomic E-state index is 14.7. The average molecular weight is 551 g/mol. The first-order valence-corrected chi connectivity index (χ1v) is 12.7. The number of rotatable bonds is 10. The predicted molar refractivity (Wildman–Crippen MR) is 139 cm³/mol. The van der Waals surface area contributed by atoms with Crippen molar-refractivity contribution in [1.82, 2.24) is 9.97 Å². The molecule has 0 unspecified atom stereocenters. The lowest BCUT2D eigenvalue weighted by Crippen LogP contribution is -2.36. The number of aromatic nitrogens is 2. The predicted octanol–water partition coefficient (Wildman–Crippen LogP) is 3.18. The maximum Gasteiger partial charge on any atom is 0.357 e. The first-order valence-electron chi connectivity index (χ1n) is 11.3. The molecule has 13 nitrogen and oxygen atoms in total. The van der Waals surface area contributed by atoms with Crippen LogP contribution < -0.4 is 34.5 Å². The van der Waals surface area contributed by atoms with Crippen molar-refractivity contribution in [3.63, 3.8) is 0 Å². The fourth-order valence-electron chi connectivity index (χ4n) is 3.81. The van der Waals surface area contributed by atoms with Crippen LogP contribution in [-0.2, 0) is 15.0 Å². The molecule has 0 atom stereocenters. The molecule has 1 aromatic heterocycles. The Morgan fingerprint density at radius 3 is 2.29 bits per heavy atom. The number of hydrogen-bond acceptors (Lipinski definition) is 11. The van der Waals surface area contributed by atoms with Gasteiger partial charge in [-0.15, -0.1) is 0 Å². The molecule has 0 aliphatic carbocycles. The number of methoxy groups -OCH3 is 3. The molecule has 1 aliphatic rings. The summed E-state index contributed by atoms with van der Waals surface area (Å²) in [6, 6.07) is 8.05. The minimum Gasteiger partial charge on any atom is -0.493 e. The number of hydrogen-bond donors (Lipinski definition) is 4. The van der Waals surface area contributed by atoms with E-state index in [1.54, 1.807) is 24.3 Å². The zero-order valence-corrected chi connectivity index (χ0v) is 21.6. The molecule has 0 saturated carbocycles. The number of anilines is 6. The van der Waals surface area contributed by atoms with Crippen LogP contribution in [0.2, 0.25) is 0 Å². The molecule has 4 rings (SSSR count). The van der Waals surface area contributed by atoms with Crippen molar-refractivity contribution in [3.05, 3.63) is 42.3 Å². The van der Waals surface area contributed by atoms with Gasteiger partial charge in [0.15, 0.2) is 23.1 Å². The van der Waals surface area contributed by atoms with Gasteiger partial charge in [0.25, 0.3) is 0 Å². The van der Waals surface area contributed by atoms with E-state index in [0.717, 1.165) is 6.20 Å². The molecular weight excluding hydrogens is 523 g/mol. The van der Waals surface area contributed by atoms with Crippen LogP contribution in [-0.4, -0.2) is 70.6 Å². The number of halogens is 1. The summed E-state index contributed by atoms with van der Waals surface area (Å²) in [5.41, 5.74) is 1.31. The summed E-state index contributed by atoms with van der Waals surface area (Å²) in [6.07, 6.45) is 0.952. The second-order valence-electron chi connectivity index (χ2n) is 7.96. The Morgan fingerprint density at radius 1 is 1.00 bits per heavy atom. The van der Waals surface area contributed by atoms with Gasteiger partial charge in [-0.3, -0.25) is 9.27 Å². The van der Waals surface area contributed by atoms with Gasteiger partial charge < -0.3 is 34.5 Å². The first kappa shape index (κ1) is 27.0. The average Bonchev–Trinajstić information content (AvgIpc) is 2.90. The number of nitrogens with zero attached hydrogens (tertiary/aromatic N) is 3. The molecule has 1 saturated heterocycles. The SMILES string of the molecule is COc1cc(Nc2ncc(F)c(Nc3ccc(N4CCOCC4)cc3NS(=O)(=O)O)n2)cc(OC)c1OC. The van der Waals surface area contributed by atoms with Crippen LogP contribution >= 0.6 is 0 Å². The molecule has 2 aromatic carbocycles. The second-order valence-corrected chi connectivity index (χ2v) is 9.11. The highest BCUT2D eigenvalue weighted by atomic mass is 32.2. The number of morpholine rings is 1. The molecule has 2 heterocycles. The lowest BCUT2D eigenvalue weighted by atomic mass is 10.2. The van der Waals surface area contributed by atoms with Crippen molar-refractivity contribution in [1.29, 1.82) is 0 Å². The molecule has 38 heavy (non-hydrogen) atoms. The van der Waals surface area contributed by atoms with Crippen molar-refractivity contribution < 1.29 is 36.3 Å². The van der Waals surface area contributed by atoms with Crippen LogP contribution in [0.1, 0.15) is 0 Å². The van der Waals surface area contributed by atoms with Crippen LogP contribution in [0.5, 0.6) is 17.2 Å². The van der Waals surface area contributed by atoms with Crippen molar-refractivity contribution >= 4 is 44.8 Å². The van der Waals surface area contributed by atoms with Crippen LogP contribution in [0.4, 0.5) is 38.9 Å². The smallest absolute Gasteiger partial charge is 0.357 e. The fraction of sp³-hybridized carbons (Fsp3) is 0.304. The standard InChI is InChI=1S/C23H27FN6O7S/c1-34-19-10-14(11-20(35-2)21(19)36-3)26-23-25-13-16(24)22(28-23)27-17-5-4-15(30-6-8-37-9-7-30)12-18(17)29-38(31,32)33/h4-5,10-13,29H,6-9H2,1-3H3,(H,31,32,33)(H2,25,26,27,28). The molecule has 0 radical (unpaired) electrons. The van der Waals surface area contributed by atoms with Gasteiger partial charge in [0.1, 0.15) is 0 Å². The molecule has 0 amide bonds. The molecule has 0 bridgehead atoms. The van der Waals surface area contributed by atoms with Crippen LogP contribution in [0.3, 0.4) is 0 Å². The summed E-state index contributed by atoms with van der Waals surface area (Å²) < 4.78 is 70.7. The Hall–Kier alpha value is -4.08. The molecule has 4 N–H and O–H groups in total. The number of benzene rings is 2. The van der Waals surface area contributed by atoms with Gasteiger partial charge in [-0.25, -0.2) is 9.37 Å². The van der Waals surface area contributed by atoms with E-state index in [2.05, 4.69) is 20.6 Å². The van der Waals surface area contributed by atoms with Crippen molar-refractivity contribution in [3.8, 4) is 17.2 Å². The molecular formula is C23H27FN6O7S. The lowest BCUT2D eigenvalue weighted by Gasteiger charge is -2.29. The topological polar surface area (TPSA) is 156 Å². The molecule has 3 aromatic rings. The van der Waals surface area contributed by atoms with Gasteiger partial charge in [-0.2, -0.15) is 13.4 Å². The first-order chi connectivity index (χ1) is 18.2. The normalized spacial score (nSPS) is 13.6. The van der Waals surface area contributed by atoms with Crippen LogP contribution in [0, 0.1) is 5.82 Å². The number of ether oxygens (including phenoxy) is 4. The summed E-state index contributed by atoms with van der Waals surface area (Å²) in [4.78, 5) is 10.1. The summed E-state index contributed by atoms with van der Waals surface area (Å²) in [5, 5.41) is 5.71. The summed E-state index contributed by atoms with van der Waals surface area (Å²) >= 11 is 0. The van der Waals surface area contributed by atoms with Gasteiger partial charge in [-0.05, 0) is 18.2 Å². The number of nitrogens with one attached hydrogen (secondary N) is 3. The van der Waals surface area contributed by atoms with E-state index in [1.807, 2.05) is 9.62 Å². The Morgan fingerprint density at radius 2 is 1.68 bits per heavy atom. The summed E-state index contributed by atoms with van der Waals surface area (Å²) in [6.45, 7) is 2.26. The zero-order valence-electron chi connectivity index (χ0n) is 20.8. The highest BCUT2D eigenvalue weighted by Gasteiger charge is 2.18. The zero-order chi connectivity index (χ0) is 27.3. The van der Waals surface area contributed by atoms with E-state index in [-0.39, 0.29) is 23.1 Å². The van der Waals surface area contributed by atoms with Crippen molar-refractivity contribution in [2.45, 2.75) is 0 Å². The quantitative estimate of drug-likeness (QED) is 0.274. The van der Waals surface area contributed by atoms with Crippen molar-refractivity contribution in [2.24, 2.45) is 0 Å². The van der Waals surface area contributed by atoms with E-state index in [4.69, 9.17) is 18.9 Å². The second kappa shape index (κ2) is 11.5. The Kier molecular flexibility index (Phi) is 8.19. The molecule has 204 valence electrons. The van der Waals surface area contributed by atoms with E-state index < -0.39 is 16.1 Å². The van der Waals surface area contributed by atoms with Crippen molar-refractivity contribution in [2.75, 3.05) is 67.9 Å². The summed E-state index contributed by atoms with van der Waals surface area (Å²) in [7, 11) is -0.200. The minimum atomic E-state index is -4.62. The third-order valence-corrected chi connectivity index (χ3v) is 6.01. The highest BCUT2D eigenvalue weighted by Crippen LogP contribution is 2.40. The van der Waals surface area contributed by atoms with Crippen LogP contribution in [0.25, 0.3) is 0 Å². The Bertz CT molecular complexity index is 1380. The van der Waals surface area contributed by atoms with Gasteiger partial charge in [0.05, 0.1) is 52.1 Å². The van der Waals surface area contributed by atoms with E-state index in [1.165, 1.54) is 27.4 Å². The maximum absolute atomic E-state index is 14.7.